The van der Waals surface area contributed by atoms with Crippen molar-refractivity contribution in [2.75, 3.05) is 0 Å². The summed E-state index contributed by atoms with van der Waals surface area (Å²) in [6.07, 6.45) is 0. The van der Waals surface area contributed by atoms with Crippen molar-refractivity contribution in [2.45, 2.75) is 0 Å². The summed E-state index contributed by atoms with van der Waals surface area (Å²) in [5.74, 6) is 0. The predicted molar refractivity (Wildman–Crippen MR) is 18.6 cm³/mol. The summed E-state index contributed by atoms with van der Waals surface area (Å²) in [6, 6.07) is 0. The zero-order valence-corrected chi connectivity index (χ0v) is 6.75. The second kappa shape index (κ2) is 32.4. The molecule has 0 aliphatic heterocycles. The van der Waals surface area contributed by atoms with Crippen molar-refractivity contribution in [1.82, 2.24) is 0 Å². The monoisotopic (exact) mass is 144 g/mol. The minimum atomic E-state index is -1.42. The summed E-state index contributed by atoms with van der Waals surface area (Å²) in [5, 5.41) is 0. The van der Waals surface area contributed by atoms with Gasteiger partial charge in [0, 0.05) is 0 Å². The van der Waals surface area contributed by atoms with E-state index in [1.807, 2.05) is 0 Å². The Morgan fingerprint density at radius 1 is 1.00 bits per heavy atom. The van der Waals surface area contributed by atoms with Crippen molar-refractivity contribution in [3.05, 3.63) is 0 Å². The summed E-state index contributed by atoms with van der Waals surface area (Å²) in [7, 11) is -2.83. The van der Waals surface area contributed by atoms with Crippen molar-refractivity contribution in [3.8, 4) is 0 Å². The van der Waals surface area contributed by atoms with Crippen LogP contribution in [0, 0.1) is 0 Å². The average Bonchev–Trinajstić information content (AvgIpc) is 1.39. The van der Waals surface area contributed by atoms with Gasteiger partial charge in [0.25, 0.3) is 0 Å². The molecule has 0 aliphatic rings. The molecule has 0 aromatic carbocycles. The first-order valence-electron chi connectivity index (χ1n) is 0.816. The third-order valence-electron chi connectivity index (χ3n) is 0. The summed E-state index contributed by atoms with van der Waals surface area (Å²) in [5.41, 5.74) is 0. The van der Waals surface area contributed by atoms with E-state index in [2.05, 4.69) is 0 Å². The van der Waals surface area contributed by atoms with Gasteiger partial charge in [-0.1, -0.05) is 0 Å². The van der Waals surface area contributed by atoms with E-state index in [0.717, 1.165) is 0 Å². The molecule has 0 bridgehead atoms. The van der Waals surface area contributed by atoms with Crippen molar-refractivity contribution >= 4 is 42.4 Å². The molecule has 0 spiro atoms. The van der Waals surface area contributed by atoms with Gasteiger partial charge in [-0.2, -0.15) is 0 Å². The van der Waals surface area contributed by atoms with Gasteiger partial charge in [-0.3, -0.25) is 0 Å². The standard InChI is InChI=1S/Mg.2O2Si/c;2*1-3-2/q+2;2*-1. The van der Waals surface area contributed by atoms with Crippen LogP contribution in [0.5, 0.6) is 0 Å². The molecule has 0 saturated carbocycles. The Morgan fingerprint density at radius 3 is 1.00 bits per heavy atom. The molecule has 0 N–H and O–H groups in total. The van der Waals surface area contributed by atoms with Gasteiger partial charge in [0.2, 0.25) is 0 Å². The van der Waals surface area contributed by atoms with Crippen LogP contribution in [0.25, 0.3) is 0 Å². The predicted octanol–water partition coefficient (Wildman–Crippen LogP) is -3.76. The molecular weight excluding hydrogens is 144 g/mol. The average molecular weight is 144 g/mol. The Balaban J connectivity index is -0.0000000400. The van der Waals surface area contributed by atoms with Crippen molar-refractivity contribution in [2.24, 2.45) is 0 Å². The van der Waals surface area contributed by atoms with E-state index in [1.165, 1.54) is 0 Å². The Morgan fingerprint density at radius 2 is 1.00 bits per heavy atom. The number of hydrogen-bond donors (Lipinski definition) is 0. The quantitative estimate of drug-likeness (QED) is 0.327. The molecular formula is MgO4Si2. The normalized spacial score (nSPS) is 3.43. The molecule has 0 amide bonds. The third-order valence-corrected chi connectivity index (χ3v) is 0. The van der Waals surface area contributed by atoms with Crippen LogP contribution in [0.4, 0.5) is 0 Å². The molecule has 7 heavy (non-hydrogen) atoms. The Hall–Kier alpha value is 0.400. The van der Waals surface area contributed by atoms with Gasteiger partial charge in [0.15, 0.2) is 19.3 Å². The molecule has 0 fully saturated rings. The number of hydrogen-bond acceptors (Lipinski definition) is 4. The van der Waals surface area contributed by atoms with E-state index in [0.29, 0.717) is 0 Å². The summed E-state index contributed by atoms with van der Waals surface area (Å²) < 4.78 is 16.8. The topological polar surface area (TPSA) is 80.3 Å². The van der Waals surface area contributed by atoms with Gasteiger partial charge in [0.1, 0.15) is 0 Å². The largest absolute Gasteiger partial charge is 2.00 e. The fraction of sp³-hybridized carbons (Fsp3) is 0. The summed E-state index contributed by atoms with van der Waals surface area (Å²) in [4.78, 5) is 16.8. The van der Waals surface area contributed by atoms with E-state index in [4.69, 9.17) is 18.5 Å². The van der Waals surface area contributed by atoms with Crippen molar-refractivity contribution in [1.29, 1.82) is 0 Å². The van der Waals surface area contributed by atoms with E-state index in [1.54, 1.807) is 0 Å². The minimum absolute atomic E-state index is 0. The SMILES string of the molecule is O=[Si][O-].O=[Si][O-].[Mg+2]. The van der Waals surface area contributed by atoms with E-state index < -0.39 is 19.3 Å². The molecule has 2 radical (unpaired) electrons. The summed E-state index contributed by atoms with van der Waals surface area (Å²) >= 11 is 0. The van der Waals surface area contributed by atoms with E-state index >= 15 is 0 Å². The van der Waals surface area contributed by atoms with Crippen LogP contribution >= 0.6 is 0 Å². The van der Waals surface area contributed by atoms with E-state index in [9.17, 15) is 0 Å². The molecule has 0 rings (SSSR count). The zero-order chi connectivity index (χ0) is 5.41. The fourth-order valence-electron chi connectivity index (χ4n) is 0. The molecule has 0 aromatic heterocycles. The smallest absolute Gasteiger partial charge is 0.585 e. The van der Waals surface area contributed by atoms with Crippen LogP contribution in [-0.2, 0) is 8.92 Å². The molecule has 0 unspecified atom stereocenters. The zero-order valence-electron chi connectivity index (χ0n) is 3.34. The van der Waals surface area contributed by atoms with Gasteiger partial charge in [-0.15, -0.1) is 0 Å². The van der Waals surface area contributed by atoms with Crippen molar-refractivity contribution in [3.63, 3.8) is 0 Å². The van der Waals surface area contributed by atoms with Crippen LogP contribution in [0.1, 0.15) is 0 Å². The first kappa shape index (κ1) is 15.7. The van der Waals surface area contributed by atoms with Gasteiger partial charge >= 0.3 is 23.1 Å². The van der Waals surface area contributed by atoms with Crippen molar-refractivity contribution < 1.29 is 18.5 Å². The second-order valence-corrected chi connectivity index (χ2v) is 0.500. The first-order valence-corrected chi connectivity index (χ1v) is 2.45. The fourth-order valence-corrected chi connectivity index (χ4v) is 0. The molecule has 0 aliphatic carbocycles. The molecule has 0 heterocycles. The Bertz CT molecular complexity index is 30.7. The van der Waals surface area contributed by atoms with Gasteiger partial charge < -0.3 is 18.5 Å². The van der Waals surface area contributed by atoms with Crippen LogP contribution in [0.15, 0.2) is 0 Å². The van der Waals surface area contributed by atoms with Crippen LogP contribution in [0.2, 0.25) is 0 Å². The van der Waals surface area contributed by atoms with Crippen LogP contribution in [0.3, 0.4) is 0 Å². The van der Waals surface area contributed by atoms with Gasteiger partial charge in [-0.25, -0.2) is 0 Å². The maximum absolute atomic E-state index is 8.40. The van der Waals surface area contributed by atoms with Gasteiger partial charge in [0.05, 0.1) is 0 Å². The molecule has 4 nitrogen and oxygen atoms in total. The number of rotatable bonds is 0. The van der Waals surface area contributed by atoms with E-state index in [-0.39, 0.29) is 23.1 Å². The minimum Gasteiger partial charge on any atom is -0.585 e. The van der Waals surface area contributed by atoms with Crippen LogP contribution in [-0.4, -0.2) is 42.4 Å². The molecule has 34 valence electrons. The Labute approximate surface area is 61.1 Å². The van der Waals surface area contributed by atoms with Crippen LogP contribution < -0.4 is 9.59 Å². The molecule has 7 heteroatoms. The third kappa shape index (κ3) is 774. The maximum atomic E-state index is 8.40. The maximum Gasteiger partial charge on any atom is 2.00 e. The summed E-state index contributed by atoms with van der Waals surface area (Å²) in [6.45, 7) is 0. The molecule has 0 aromatic rings. The second-order valence-electron chi connectivity index (χ2n) is 0.167. The molecule has 0 atom stereocenters. The first-order chi connectivity index (χ1) is 2.83. The molecule has 0 saturated heterocycles. The Kier molecular flexibility index (Phi) is 72.5. The van der Waals surface area contributed by atoms with Gasteiger partial charge in [-0.05, 0) is 0 Å².